The zero-order valence-electron chi connectivity index (χ0n) is 14.9. The van der Waals surface area contributed by atoms with Crippen molar-refractivity contribution in [1.82, 2.24) is 0 Å². The molecule has 2 aromatic carbocycles. The summed E-state index contributed by atoms with van der Waals surface area (Å²) in [6, 6.07) is 14.2. The number of benzene rings is 2. The zero-order valence-corrected chi connectivity index (χ0v) is 15.7. The van der Waals surface area contributed by atoms with Gasteiger partial charge in [-0.2, -0.15) is 13.2 Å². The number of hydrogen-bond acceptors (Lipinski definition) is 3. The van der Waals surface area contributed by atoms with Gasteiger partial charge in [-0.3, -0.25) is 9.59 Å². The van der Waals surface area contributed by atoms with E-state index < -0.39 is 17.6 Å². The maximum absolute atomic E-state index is 12.8. The molecular weight excluding hydrogens is 401 g/mol. The van der Waals surface area contributed by atoms with Gasteiger partial charge >= 0.3 is 6.18 Å². The lowest BCUT2D eigenvalue weighted by Crippen LogP contribution is -2.13. The highest BCUT2D eigenvalue weighted by Gasteiger charge is 2.30. The predicted octanol–water partition coefficient (Wildman–Crippen LogP) is 5.67. The Kier molecular flexibility index (Phi) is 6.13. The van der Waals surface area contributed by atoms with Gasteiger partial charge in [0.25, 0.3) is 5.91 Å². The molecule has 0 fully saturated rings. The molecule has 29 heavy (non-hydrogen) atoms. The van der Waals surface area contributed by atoms with E-state index in [1.54, 1.807) is 6.08 Å². The molecule has 0 saturated heterocycles. The van der Waals surface area contributed by atoms with Crippen LogP contribution in [0.1, 0.15) is 20.8 Å². The summed E-state index contributed by atoms with van der Waals surface area (Å²) in [6.07, 6.45) is -1.39. The smallest absolute Gasteiger partial charge is 0.323 e. The highest BCUT2D eigenvalue weighted by molar-refractivity contribution is 7.10. The van der Waals surface area contributed by atoms with Crippen molar-refractivity contribution in [1.29, 1.82) is 0 Å². The normalized spacial score (nSPS) is 11.4. The summed E-state index contributed by atoms with van der Waals surface area (Å²) in [6.45, 7) is 0. The average molecular weight is 416 g/mol. The van der Waals surface area contributed by atoms with Crippen molar-refractivity contribution in [3.63, 3.8) is 0 Å². The number of carbonyl (C=O) groups is 2. The number of thiophene rings is 1. The number of alkyl halides is 3. The summed E-state index contributed by atoms with van der Waals surface area (Å²) in [4.78, 5) is 25.1. The highest BCUT2D eigenvalue weighted by atomic mass is 32.1. The minimum Gasteiger partial charge on any atom is -0.323 e. The van der Waals surface area contributed by atoms with Gasteiger partial charge in [-0.25, -0.2) is 0 Å². The van der Waals surface area contributed by atoms with E-state index in [0.717, 1.165) is 17.0 Å². The first-order valence-corrected chi connectivity index (χ1v) is 9.30. The Hall–Kier alpha value is -3.39. The van der Waals surface area contributed by atoms with Gasteiger partial charge in [0.2, 0.25) is 5.91 Å². The summed E-state index contributed by atoms with van der Waals surface area (Å²) >= 11 is 1.51. The van der Waals surface area contributed by atoms with Crippen molar-refractivity contribution in [2.45, 2.75) is 6.18 Å². The van der Waals surface area contributed by atoms with Crippen LogP contribution < -0.4 is 10.6 Å². The molecule has 1 aromatic heterocycles. The van der Waals surface area contributed by atoms with E-state index in [1.807, 2.05) is 17.5 Å². The molecule has 0 aliphatic rings. The standard InChI is InChI=1S/C21H15F3N2O2S/c22-21(23,24)15-3-1-4-17(13-15)26-20(28)14-6-8-16(9-7-14)25-19(27)11-10-18-5-2-12-29-18/h1-13H,(H,25,27)(H,26,28)/b11-10+. The van der Waals surface area contributed by atoms with Crippen LogP contribution in [0.25, 0.3) is 6.08 Å². The first kappa shape index (κ1) is 20.3. The summed E-state index contributed by atoms with van der Waals surface area (Å²) in [5.41, 5.74) is -0.0686. The zero-order chi connectivity index (χ0) is 20.9. The van der Waals surface area contributed by atoms with E-state index >= 15 is 0 Å². The largest absolute Gasteiger partial charge is 0.416 e. The van der Waals surface area contributed by atoms with Gasteiger partial charge in [0.1, 0.15) is 0 Å². The van der Waals surface area contributed by atoms with Crippen molar-refractivity contribution in [3.05, 3.63) is 88.1 Å². The molecule has 4 nitrogen and oxygen atoms in total. The Labute approximate surface area is 168 Å². The molecule has 0 spiro atoms. The van der Waals surface area contributed by atoms with Crippen molar-refractivity contribution in [3.8, 4) is 0 Å². The van der Waals surface area contributed by atoms with Gasteiger partial charge < -0.3 is 10.6 Å². The molecule has 8 heteroatoms. The molecule has 0 radical (unpaired) electrons. The van der Waals surface area contributed by atoms with E-state index in [1.165, 1.54) is 53.8 Å². The van der Waals surface area contributed by atoms with E-state index in [-0.39, 0.29) is 17.2 Å². The van der Waals surface area contributed by atoms with Crippen molar-refractivity contribution < 1.29 is 22.8 Å². The summed E-state index contributed by atoms with van der Waals surface area (Å²) in [7, 11) is 0. The molecule has 3 aromatic rings. The lowest BCUT2D eigenvalue weighted by atomic mass is 10.1. The number of halogens is 3. The second kappa shape index (κ2) is 8.74. The number of amides is 2. The molecular formula is C21H15F3N2O2S. The lowest BCUT2D eigenvalue weighted by Gasteiger charge is -2.10. The maximum atomic E-state index is 12.8. The molecule has 1 heterocycles. The minimum atomic E-state index is -4.49. The third kappa shape index (κ3) is 5.79. The monoisotopic (exact) mass is 416 g/mol. The second-order valence-electron chi connectivity index (χ2n) is 5.95. The van der Waals surface area contributed by atoms with Crippen LogP contribution in [-0.4, -0.2) is 11.8 Å². The Balaban J connectivity index is 1.61. The Morgan fingerprint density at radius 3 is 2.31 bits per heavy atom. The second-order valence-corrected chi connectivity index (χ2v) is 6.93. The maximum Gasteiger partial charge on any atom is 0.416 e. The lowest BCUT2D eigenvalue weighted by molar-refractivity contribution is -0.137. The highest BCUT2D eigenvalue weighted by Crippen LogP contribution is 2.30. The third-order valence-corrected chi connectivity index (χ3v) is 4.64. The molecule has 0 bridgehead atoms. The van der Waals surface area contributed by atoms with Crippen LogP contribution in [-0.2, 0) is 11.0 Å². The van der Waals surface area contributed by atoms with E-state index in [0.29, 0.717) is 5.69 Å². The van der Waals surface area contributed by atoms with Crippen LogP contribution in [0.3, 0.4) is 0 Å². The van der Waals surface area contributed by atoms with E-state index in [4.69, 9.17) is 0 Å². The van der Waals surface area contributed by atoms with Crippen LogP contribution in [0.2, 0.25) is 0 Å². The van der Waals surface area contributed by atoms with Crippen LogP contribution in [0, 0.1) is 0 Å². The molecule has 2 amide bonds. The summed E-state index contributed by atoms with van der Waals surface area (Å²) in [5.74, 6) is -0.876. The Morgan fingerprint density at radius 2 is 1.66 bits per heavy atom. The quantitative estimate of drug-likeness (QED) is 0.527. The topological polar surface area (TPSA) is 58.2 Å². The number of carbonyl (C=O) groups excluding carboxylic acids is 2. The fraction of sp³-hybridized carbons (Fsp3) is 0.0476. The molecule has 2 N–H and O–H groups in total. The van der Waals surface area contributed by atoms with Crippen LogP contribution in [0.5, 0.6) is 0 Å². The van der Waals surface area contributed by atoms with Gasteiger partial charge in [0, 0.05) is 27.9 Å². The predicted molar refractivity (Wildman–Crippen MR) is 108 cm³/mol. The van der Waals surface area contributed by atoms with Gasteiger partial charge in [-0.1, -0.05) is 12.1 Å². The van der Waals surface area contributed by atoms with Crippen molar-refractivity contribution in [2.24, 2.45) is 0 Å². The molecule has 148 valence electrons. The van der Waals surface area contributed by atoms with Crippen LogP contribution in [0.4, 0.5) is 24.5 Å². The third-order valence-electron chi connectivity index (χ3n) is 3.80. The number of hydrogen-bond donors (Lipinski definition) is 2. The number of anilines is 2. The van der Waals surface area contributed by atoms with E-state index in [2.05, 4.69) is 10.6 Å². The fourth-order valence-electron chi connectivity index (χ4n) is 2.41. The van der Waals surface area contributed by atoms with Crippen molar-refractivity contribution >= 4 is 40.6 Å². The molecule has 0 saturated carbocycles. The first-order chi connectivity index (χ1) is 13.8. The molecule has 0 aliphatic heterocycles. The van der Waals surface area contributed by atoms with Crippen LogP contribution in [0.15, 0.2) is 72.1 Å². The molecule has 0 aliphatic carbocycles. The Bertz CT molecular complexity index is 1030. The first-order valence-electron chi connectivity index (χ1n) is 8.42. The summed E-state index contributed by atoms with van der Waals surface area (Å²) in [5, 5.41) is 7.00. The van der Waals surface area contributed by atoms with Crippen LogP contribution >= 0.6 is 11.3 Å². The minimum absolute atomic E-state index is 0.0425. The van der Waals surface area contributed by atoms with Gasteiger partial charge in [0.05, 0.1) is 5.56 Å². The average Bonchev–Trinajstić information content (AvgIpc) is 3.20. The van der Waals surface area contributed by atoms with Crippen molar-refractivity contribution in [2.75, 3.05) is 10.6 Å². The van der Waals surface area contributed by atoms with Gasteiger partial charge in [-0.15, -0.1) is 11.3 Å². The van der Waals surface area contributed by atoms with Gasteiger partial charge in [-0.05, 0) is 60.0 Å². The fourth-order valence-corrected chi connectivity index (χ4v) is 3.03. The molecule has 0 unspecified atom stereocenters. The molecule has 0 atom stereocenters. The number of rotatable bonds is 5. The Morgan fingerprint density at radius 1 is 0.897 bits per heavy atom. The SMILES string of the molecule is O=C(/C=C/c1cccs1)Nc1ccc(C(=O)Nc2cccc(C(F)(F)F)c2)cc1. The number of nitrogens with one attached hydrogen (secondary N) is 2. The van der Waals surface area contributed by atoms with E-state index in [9.17, 15) is 22.8 Å². The summed E-state index contributed by atoms with van der Waals surface area (Å²) < 4.78 is 38.3. The molecule has 3 rings (SSSR count). The van der Waals surface area contributed by atoms with Gasteiger partial charge in [0.15, 0.2) is 0 Å².